The number of imide groups is 1. The molecule has 0 bridgehead atoms. The zero-order valence-electron chi connectivity index (χ0n) is 19.3. The number of hydrogen-bond donors (Lipinski definition) is 3. The van der Waals surface area contributed by atoms with Crippen LogP contribution >= 0.6 is 11.6 Å². The van der Waals surface area contributed by atoms with Gasteiger partial charge in [0.1, 0.15) is 17.6 Å². The van der Waals surface area contributed by atoms with Gasteiger partial charge in [0.15, 0.2) is 0 Å². The highest BCUT2D eigenvalue weighted by Crippen LogP contribution is 2.22. The Kier molecular flexibility index (Phi) is 7.50. The first-order valence-electron chi connectivity index (χ1n) is 11.1. The first-order valence-corrected chi connectivity index (χ1v) is 11.5. The standard InChI is InChI=1S/C24H24ClN7O4/c1-2-31-23(34)30-20(32(24(31)35)14-15-3-5-16(25)6-4-15)12-27-17-7-9-18(10-8-17)36-21-13-28-19(11-29-21)22(26)33/h3-11,13,20,27H,2,12,14H2,1H3,(H2,26,33)(H,30,34). The zero-order valence-corrected chi connectivity index (χ0v) is 20.1. The third-order valence-corrected chi connectivity index (χ3v) is 5.68. The van der Waals surface area contributed by atoms with E-state index in [1.807, 2.05) is 12.1 Å². The Bertz CT molecular complexity index is 1240. The number of aromatic nitrogens is 2. The number of carbonyl (C=O) groups is 3. The van der Waals surface area contributed by atoms with Gasteiger partial charge in [0.05, 0.1) is 18.9 Å². The van der Waals surface area contributed by atoms with Crippen molar-refractivity contribution in [2.24, 2.45) is 5.73 Å². The molecule has 3 aromatic rings. The number of urea groups is 2. The van der Waals surface area contributed by atoms with Crippen LogP contribution in [0.25, 0.3) is 0 Å². The van der Waals surface area contributed by atoms with Gasteiger partial charge in [-0.25, -0.2) is 24.5 Å². The molecule has 1 aromatic heterocycles. The maximum Gasteiger partial charge on any atom is 0.330 e. The quantitative estimate of drug-likeness (QED) is 0.401. The molecule has 0 aliphatic carbocycles. The zero-order chi connectivity index (χ0) is 25.7. The van der Waals surface area contributed by atoms with Crippen molar-refractivity contribution in [3.8, 4) is 11.6 Å². The third-order valence-electron chi connectivity index (χ3n) is 5.43. The fourth-order valence-electron chi connectivity index (χ4n) is 3.55. The fraction of sp³-hybridized carbons (Fsp3) is 0.208. The number of nitrogens with zero attached hydrogens (tertiary/aromatic N) is 4. The van der Waals surface area contributed by atoms with Crippen LogP contribution in [0, 0.1) is 0 Å². The molecule has 36 heavy (non-hydrogen) atoms. The summed E-state index contributed by atoms with van der Waals surface area (Å²) >= 11 is 5.98. The Labute approximate surface area is 212 Å². The van der Waals surface area contributed by atoms with Crippen LogP contribution in [0.2, 0.25) is 5.02 Å². The summed E-state index contributed by atoms with van der Waals surface area (Å²) in [4.78, 5) is 47.2. The average Bonchev–Trinajstić information content (AvgIpc) is 2.87. The van der Waals surface area contributed by atoms with Gasteiger partial charge in [-0.3, -0.25) is 9.69 Å². The van der Waals surface area contributed by atoms with Crippen molar-refractivity contribution in [2.45, 2.75) is 19.6 Å². The van der Waals surface area contributed by atoms with Crippen molar-refractivity contribution in [1.29, 1.82) is 0 Å². The smallest absolute Gasteiger partial charge is 0.330 e. The van der Waals surface area contributed by atoms with Gasteiger partial charge in [-0.15, -0.1) is 0 Å². The maximum atomic E-state index is 13.0. The van der Waals surface area contributed by atoms with Gasteiger partial charge >= 0.3 is 12.1 Å². The number of amides is 5. The molecule has 4 rings (SSSR count). The Morgan fingerprint density at radius 1 is 1.11 bits per heavy atom. The largest absolute Gasteiger partial charge is 0.438 e. The van der Waals surface area contributed by atoms with Crippen LogP contribution < -0.4 is 21.1 Å². The summed E-state index contributed by atoms with van der Waals surface area (Å²) in [6, 6.07) is 13.4. The Morgan fingerprint density at radius 3 is 2.44 bits per heavy atom. The summed E-state index contributed by atoms with van der Waals surface area (Å²) in [6.07, 6.45) is 1.98. The molecule has 12 heteroatoms. The summed E-state index contributed by atoms with van der Waals surface area (Å²) in [5.41, 5.74) is 6.84. The van der Waals surface area contributed by atoms with Crippen molar-refractivity contribution in [2.75, 3.05) is 18.4 Å². The summed E-state index contributed by atoms with van der Waals surface area (Å²) in [6.45, 7) is 2.60. The summed E-state index contributed by atoms with van der Waals surface area (Å²) in [5.74, 6) is 0.0442. The first-order chi connectivity index (χ1) is 17.3. The van der Waals surface area contributed by atoms with Gasteiger partial charge in [0.2, 0.25) is 5.88 Å². The van der Waals surface area contributed by atoms with Crippen LogP contribution in [0.5, 0.6) is 11.6 Å². The van der Waals surface area contributed by atoms with Gasteiger partial charge in [-0.1, -0.05) is 23.7 Å². The molecule has 0 radical (unpaired) electrons. The topological polar surface area (TPSA) is 143 Å². The van der Waals surface area contributed by atoms with E-state index in [2.05, 4.69) is 20.6 Å². The summed E-state index contributed by atoms with van der Waals surface area (Å²) < 4.78 is 5.63. The molecule has 186 valence electrons. The number of benzene rings is 2. The van der Waals surface area contributed by atoms with E-state index in [-0.39, 0.29) is 30.7 Å². The van der Waals surface area contributed by atoms with E-state index >= 15 is 0 Å². The average molecular weight is 510 g/mol. The van der Waals surface area contributed by atoms with E-state index in [4.69, 9.17) is 22.1 Å². The molecule has 0 spiro atoms. The predicted molar refractivity (Wildman–Crippen MR) is 133 cm³/mol. The number of halogens is 1. The lowest BCUT2D eigenvalue weighted by Gasteiger charge is -2.40. The molecular formula is C24H24ClN7O4. The number of anilines is 1. The highest BCUT2D eigenvalue weighted by molar-refractivity contribution is 6.30. The van der Waals surface area contributed by atoms with Crippen molar-refractivity contribution in [3.63, 3.8) is 0 Å². The second-order valence-corrected chi connectivity index (χ2v) is 8.29. The van der Waals surface area contributed by atoms with Crippen LogP contribution in [0.1, 0.15) is 23.0 Å². The molecule has 1 fully saturated rings. The third kappa shape index (κ3) is 5.81. The minimum atomic E-state index is -0.672. The van der Waals surface area contributed by atoms with Gasteiger partial charge in [-0.2, -0.15) is 0 Å². The van der Waals surface area contributed by atoms with E-state index in [0.29, 0.717) is 17.3 Å². The van der Waals surface area contributed by atoms with Crippen LogP contribution in [0.4, 0.5) is 15.3 Å². The van der Waals surface area contributed by atoms with E-state index in [0.717, 1.165) is 16.2 Å². The SMILES string of the molecule is CCN1C(=O)NC(CNc2ccc(Oc3cnc(C(N)=O)cn3)cc2)N(Cc2ccc(Cl)cc2)C1=O. The number of nitrogens with two attached hydrogens (primary N) is 1. The van der Waals surface area contributed by atoms with Crippen LogP contribution in [0.3, 0.4) is 0 Å². The van der Waals surface area contributed by atoms with Crippen LogP contribution in [0.15, 0.2) is 60.9 Å². The lowest BCUT2D eigenvalue weighted by Crippen LogP contribution is -2.66. The second kappa shape index (κ2) is 10.9. The van der Waals surface area contributed by atoms with Crippen molar-refractivity contribution in [1.82, 2.24) is 25.1 Å². The summed E-state index contributed by atoms with van der Waals surface area (Å²) in [5, 5.41) is 6.73. The molecule has 1 atom stereocenters. The van der Waals surface area contributed by atoms with Crippen LogP contribution in [-0.4, -0.2) is 57.0 Å². The first kappa shape index (κ1) is 24.7. The Morgan fingerprint density at radius 2 is 1.83 bits per heavy atom. The molecular weight excluding hydrogens is 486 g/mol. The molecule has 1 saturated heterocycles. The number of ether oxygens (including phenoxy) is 1. The summed E-state index contributed by atoms with van der Waals surface area (Å²) in [7, 11) is 0. The highest BCUT2D eigenvalue weighted by atomic mass is 35.5. The minimum Gasteiger partial charge on any atom is -0.438 e. The number of rotatable bonds is 9. The molecule has 11 nitrogen and oxygen atoms in total. The predicted octanol–water partition coefficient (Wildman–Crippen LogP) is 3.43. The molecule has 1 aliphatic heterocycles. The second-order valence-electron chi connectivity index (χ2n) is 7.86. The molecule has 2 heterocycles. The van der Waals surface area contributed by atoms with E-state index < -0.39 is 18.1 Å². The van der Waals surface area contributed by atoms with Crippen molar-refractivity contribution >= 4 is 35.3 Å². The van der Waals surface area contributed by atoms with Gasteiger partial charge in [0.25, 0.3) is 5.91 Å². The van der Waals surface area contributed by atoms with Gasteiger partial charge in [-0.05, 0) is 48.9 Å². The maximum absolute atomic E-state index is 13.0. The van der Waals surface area contributed by atoms with E-state index in [1.165, 1.54) is 12.4 Å². The molecule has 0 saturated carbocycles. The van der Waals surface area contributed by atoms with E-state index in [9.17, 15) is 14.4 Å². The normalized spacial score (nSPS) is 15.4. The number of primary amides is 1. The van der Waals surface area contributed by atoms with E-state index in [1.54, 1.807) is 48.2 Å². The highest BCUT2D eigenvalue weighted by Gasteiger charge is 2.37. The minimum absolute atomic E-state index is 0.0438. The molecule has 1 aliphatic rings. The number of nitrogens with one attached hydrogen (secondary N) is 2. The van der Waals surface area contributed by atoms with Gasteiger partial charge in [0, 0.05) is 23.8 Å². The van der Waals surface area contributed by atoms with Crippen molar-refractivity contribution < 1.29 is 19.1 Å². The molecule has 5 amide bonds. The number of hydrogen-bond acceptors (Lipinski definition) is 7. The number of carbonyl (C=O) groups excluding carboxylic acids is 3. The van der Waals surface area contributed by atoms with Crippen LogP contribution in [-0.2, 0) is 6.54 Å². The lowest BCUT2D eigenvalue weighted by atomic mass is 10.2. The monoisotopic (exact) mass is 509 g/mol. The molecule has 1 unspecified atom stereocenters. The fourth-order valence-corrected chi connectivity index (χ4v) is 3.68. The van der Waals surface area contributed by atoms with Crippen molar-refractivity contribution in [3.05, 3.63) is 77.2 Å². The lowest BCUT2D eigenvalue weighted by molar-refractivity contribution is 0.0993. The Balaban J connectivity index is 1.41. The Hall–Kier alpha value is -4.38. The molecule has 2 aromatic carbocycles. The molecule has 4 N–H and O–H groups in total. The van der Waals surface area contributed by atoms with Gasteiger partial charge < -0.3 is 21.1 Å².